The Balaban J connectivity index is 1.71. The highest BCUT2D eigenvalue weighted by Gasteiger charge is 2.31. The zero-order valence-corrected chi connectivity index (χ0v) is 13.7. The molecule has 10 heteroatoms. The number of hydrogen-bond donors (Lipinski definition) is 2. The molecule has 3 N–H and O–H groups in total. The number of likely N-dealkylation sites (tertiary alicyclic amines) is 1. The second-order valence-corrected chi connectivity index (χ2v) is 6.04. The van der Waals surface area contributed by atoms with Crippen LogP contribution in [0.3, 0.4) is 0 Å². The summed E-state index contributed by atoms with van der Waals surface area (Å²) < 4.78 is 38.3. The second kappa shape index (κ2) is 7.24. The summed E-state index contributed by atoms with van der Waals surface area (Å²) in [7, 11) is 0. The molecular weight excluding hydrogens is 349 g/mol. The van der Waals surface area contributed by atoms with Crippen molar-refractivity contribution < 1.29 is 18.0 Å². The lowest BCUT2D eigenvalue weighted by atomic mass is 10.1. The first kappa shape index (κ1) is 18.1. The fourth-order valence-corrected chi connectivity index (χ4v) is 2.89. The summed E-state index contributed by atoms with van der Waals surface area (Å²) in [5.41, 5.74) is 5.16. The third-order valence-corrected chi connectivity index (χ3v) is 4.07. The number of hydrogen-bond acceptors (Lipinski definition) is 6. The standard InChI is InChI=1S/C16H17F3N6O/c17-16(18,19)11-1-4-21-14(7-11)24-15-22-5-2-12(23-15)10-3-6-25(8-10)9-13(20)26/h1-2,4-5,7,10H,3,6,8-9H2,(H2,20,26)(H,21,22,23,24)/t10-/m1/s1. The summed E-state index contributed by atoms with van der Waals surface area (Å²) >= 11 is 0. The van der Waals surface area contributed by atoms with Crippen molar-refractivity contribution in [2.75, 3.05) is 25.0 Å². The van der Waals surface area contributed by atoms with Crippen molar-refractivity contribution in [2.24, 2.45) is 5.73 Å². The lowest BCUT2D eigenvalue weighted by molar-refractivity contribution is -0.137. The maximum atomic E-state index is 12.8. The van der Waals surface area contributed by atoms with Crippen molar-refractivity contribution in [2.45, 2.75) is 18.5 Å². The number of aromatic nitrogens is 3. The van der Waals surface area contributed by atoms with Gasteiger partial charge in [-0.25, -0.2) is 15.0 Å². The molecule has 0 unspecified atom stereocenters. The maximum absolute atomic E-state index is 12.8. The van der Waals surface area contributed by atoms with Gasteiger partial charge in [0.25, 0.3) is 0 Å². The van der Waals surface area contributed by atoms with E-state index in [0.29, 0.717) is 6.54 Å². The normalized spacial score (nSPS) is 18.0. The molecule has 0 aliphatic carbocycles. The van der Waals surface area contributed by atoms with Crippen LogP contribution in [0.15, 0.2) is 30.6 Å². The number of nitrogens with zero attached hydrogens (tertiary/aromatic N) is 4. The Morgan fingerprint density at radius 3 is 2.81 bits per heavy atom. The Bertz CT molecular complexity index is 798. The third kappa shape index (κ3) is 4.45. The van der Waals surface area contributed by atoms with Gasteiger partial charge >= 0.3 is 6.18 Å². The van der Waals surface area contributed by atoms with Crippen LogP contribution in [0.4, 0.5) is 24.9 Å². The van der Waals surface area contributed by atoms with Crippen LogP contribution in [-0.2, 0) is 11.0 Å². The zero-order chi connectivity index (χ0) is 18.7. The number of nitrogens with one attached hydrogen (secondary N) is 1. The molecule has 2 aromatic rings. The number of amides is 1. The van der Waals surface area contributed by atoms with E-state index in [0.717, 1.165) is 37.0 Å². The number of rotatable bonds is 5. The molecule has 1 atom stereocenters. The SMILES string of the molecule is NC(=O)CN1CC[C@@H](c2ccnc(Nc3cc(C(F)(F)F)ccn3)n2)C1. The van der Waals surface area contributed by atoms with Gasteiger partial charge in [0.1, 0.15) is 5.82 Å². The number of carbonyl (C=O) groups is 1. The van der Waals surface area contributed by atoms with E-state index in [4.69, 9.17) is 5.73 Å². The Morgan fingerprint density at radius 1 is 1.31 bits per heavy atom. The molecule has 0 radical (unpaired) electrons. The van der Waals surface area contributed by atoms with Crippen LogP contribution < -0.4 is 11.1 Å². The molecule has 26 heavy (non-hydrogen) atoms. The largest absolute Gasteiger partial charge is 0.416 e. The lowest BCUT2D eigenvalue weighted by Gasteiger charge is -2.14. The first-order valence-electron chi connectivity index (χ1n) is 7.95. The molecule has 0 saturated carbocycles. The molecule has 7 nitrogen and oxygen atoms in total. The molecule has 2 aromatic heterocycles. The summed E-state index contributed by atoms with van der Waals surface area (Å²) in [6.45, 7) is 1.57. The second-order valence-electron chi connectivity index (χ2n) is 6.04. The summed E-state index contributed by atoms with van der Waals surface area (Å²) in [5.74, 6) is -0.0971. The first-order valence-corrected chi connectivity index (χ1v) is 7.95. The van der Waals surface area contributed by atoms with E-state index in [2.05, 4.69) is 20.3 Å². The minimum absolute atomic E-state index is 0.0127. The maximum Gasteiger partial charge on any atom is 0.416 e. The molecule has 0 bridgehead atoms. The minimum atomic E-state index is -4.45. The Kier molecular flexibility index (Phi) is 5.03. The molecule has 0 spiro atoms. The summed E-state index contributed by atoms with van der Waals surface area (Å²) in [5, 5.41) is 2.70. The van der Waals surface area contributed by atoms with E-state index in [1.807, 2.05) is 4.90 Å². The van der Waals surface area contributed by atoms with E-state index in [1.165, 1.54) is 6.20 Å². The smallest absolute Gasteiger partial charge is 0.369 e. The van der Waals surface area contributed by atoms with Gasteiger partial charge in [0.15, 0.2) is 0 Å². The fourth-order valence-electron chi connectivity index (χ4n) is 2.89. The van der Waals surface area contributed by atoms with Gasteiger partial charge in [-0.05, 0) is 31.2 Å². The Hall–Kier alpha value is -2.75. The highest BCUT2D eigenvalue weighted by atomic mass is 19.4. The molecule has 3 rings (SSSR count). The van der Waals surface area contributed by atoms with Gasteiger partial charge in [-0.3, -0.25) is 9.69 Å². The highest BCUT2D eigenvalue weighted by Crippen LogP contribution is 2.30. The van der Waals surface area contributed by atoms with Gasteiger partial charge in [-0.15, -0.1) is 0 Å². The molecule has 3 heterocycles. The van der Waals surface area contributed by atoms with Gasteiger partial charge in [-0.2, -0.15) is 13.2 Å². The molecule has 1 aliphatic heterocycles. The van der Waals surface area contributed by atoms with Crippen LogP contribution in [0.1, 0.15) is 23.6 Å². The van der Waals surface area contributed by atoms with Crippen molar-refractivity contribution in [3.63, 3.8) is 0 Å². The van der Waals surface area contributed by atoms with Crippen molar-refractivity contribution in [1.29, 1.82) is 0 Å². The van der Waals surface area contributed by atoms with Crippen LogP contribution in [0.5, 0.6) is 0 Å². The number of pyridine rings is 1. The summed E-state index contributed by atoms with van der Waals surface area (Å²) in [6, 6.07) is 3.55. The van der Waals surface area contributed by atoms with Gasteiger partial charge < -0.3 is 11.1 Å². The average molecular weight is 366 g/mol. The van der Waals surface area contributed by atoms with Gasteiger partial charge in [0.2, 0.25) is 11.9 Å². The molecule has 1 aliphatic rings. The zero-order valence-electron chi connectivity index (χ0n) is 13.7. The van der Waals surface area contributed by atoms with Gasteiger partial charge in [0.05, 0.1) is 17.8 Å². The van der Waals surface area contributed by atoms with Crippen molar-refractivity contribution in [3.05, 3.63) is 41.9 Å². The van der Waals surface area contributed by atoms with Crippen molar-refractivity contribution >= 4 is 17.7 Å². The monoisotopic (exact) mass is 366 g/mol. The van der Waals surface area contributed by atoms with Crippen LogP contribution in [0, 0.1) is 0 Å². The average Bonchev–Trinajstić information content (AvgIpc) is 3.02. The molecule has 138 valence electrons. The summed E-state index contributed by atoms with van der Waals surface area (Å²) in [4.78, 5) is 25.2. The predicted molar refractivity (Wildman–Crippen MR) is 87.5 cm³/mol. The van der Waals surface area contributed by atoms with Crippen molar-refractivity contribution in [3.8, 4) is 0 Å². The first-order chi connectivity index (χ1) is 12.3. The Morgan fingerprint density at radius 2 is 2.08 bits per heavy atom. The number of anilines is 2. The number of nitrogens with two attached hydrogens (primary N) is 1. The Labute approximate surface area is 147 Å². The number of primary amides is 1. The van der Waals surface area contributed by atoms with E-state index >= 15 is 0 Å². The lowest BCUT2D eigenvalue weighted by Crippen LogP contribution is -2.31. The quantitative estimate of drug-likeness (QED) is 0.839. The predicted octanol–water partition coefficient (Wildman–Crippen LogP) is 1.91. The molecule has 1 fully saturated rings. The van der Waals surface area contributed by atoms with Crippen molar-refractivity contribution in [1.82, 2.24) is 19.9 Å². The fraction of sp³-hybridized carbons (Fsp3) is 0.375. The van der Waals surface area contributed by atoms with Crippen LogP contribution in [-0.4, -0.2) is 45.4 Å². The topological polar surface area (TPSA) is 97.0 Å². The molecular formula is C16H17F3N6O. The number of alkyl halides is 3. The van der Waals surface area contributed by atoms with E-state index in [1.54, 1.807) is 6.07 Å². The minimum Gasteiger partial charge on any atom is -0.369 e. The van der Waals surface area contributed by atoms with Crippen LogP contribution >= 0.6 is 0 Å². The van der Waals surface area contributed by atoms with Crippen LogP contribution in [0.25, 0.3) is 0 Å². The van der Waals surface area contributed by atoms with Gasteiger partial charge in [-0.1, -0.05) is 0 Å². The van der Waals surface area contributed by atoms with E-state index < -0.39 is 11.7 Å². The van der Waals surface area contributed by atoms with Gasteiger partial charge in [0, 0.05) is 24.9 Å². The molecule has 1 amide bonds. The number of carbonyl (C=O) groups excluding carboxylic acids is 1. The van der Waals surface area contributed by atoms with E-state index in [-0.39, 0.29) is 30.1 Å². The molecule has 1 saturated heterocycles. The highest BCUT2D eigenvalue weighted by molar-refractivity contribution is 5.75. The molecule has 0 aromatic carbocycles. The van der Waals surface area contributed by atoms with Crippen LogP contribution in [0.2, 0.25) is 0 Å². The van der Waals surface area contributed by atoms with E-state index in [9.17, 15) is 18.0 Å². The number of halogens is 3. The summed E-state index contributed by atoms with van der Waals surface area (Å²) in [6.07, 6.45) is -1.02. The third-order valence-electron chi connectivity index (χ3n) is 4.07.